The number of aliphatic carboxylic acids is 1. The minimum Gasteiger partial charge on any atom is -0.481 e. The Morgan fingerprint density at radius 2 is 2.08 bits per heavy atom. The molecule has 10 nitrogen and oxygen atoms in total. The van der Waals surface area contributed by atoms with E-state index in [1.54, 1.807) is 6.33 Å². The number of ether oxygens (including phenoxy) is 1. The molecule has 1 saturated carbocycles. The maximum Gasteiger partial charge on any atom is 0.308 e. The van der Waals surface area contributed by atoms with Crippen molar-refractivity contribution in [3.63, 3.8) is 0 Å². The molecule has 3 aromatic heterocycles. The number of hydrogen-bond donors (Lipinski definition) is 2. The van der Waals surface area contributed by atoms with E-state index in [1.807, 2.05) is 34.6 Å². The van der Waals surface area contributed by atoms with Gasteiger partial charge in [-0.05, 0) is 37.3 Å². The molecule has 0 aliphatic heterocycles. The van der Waals surface area contributed by atoms with Crippen molar-refractivity contribution in [2.24, 2.45) is 11.8 Å². The topological polar surface area (TPSA) is 131 Å². The predicted octanol–water partition coefficient (Wildman–Crippen LogP) is 5.77. The first-order valence-electron chi connectivity index (χ1n) is 14.0. The highest BCUT2D eigenvalue weighted by atomic mass is 28.3. The van der Waals surface area contributed by atoms with Crippen molar-refractivity contribution in [3.8, 4) is 17.3 Å². The molecule has 0 aromatic carbocycles. The van der Waals surface area contributed by atoms with Crippen LogP contribution in [-0.2, 0) is 16.3 Å². The molecule has 0 radical (unpaired) electrons. The molecule has 0 amide bonds. The Morgan fingerprint density at radius 1 is 1.31 bits per heavy atom. The maximum atomic E-state index is 11.7. The van der Waals surface area contributed by atoms with Crippen molar-refractivity contribution in [1.29, 1.82) is 5.26 Å². The van der Waals surface area contributed by atoms with E-state index in [0.29, 0.717) is 31.3 Å². The fourth-order valence-electron chi connectivity index (χ4n) is 5.27. The van der Waals surface area contributed by atoms with Gasteiger partial charge >= 0.3 is 5.97 Å². The molecule has 2 atom stereocenters. The molecule has 2 N–H and O–H groups in total. The third-order valence-corrected chi connectivity index (χ3v) is 9.42. The number of carboxylic acids is 1. The highest BCUT2D eigenvalue weighted by Gasteiger charge is 2.29. The molecule has 11 heteroatoms. The number of fused-ring (bicyclic) bond motifs is 1. The molecule has 0 saturated heterocycles. The average Bonchev–Trinajstić information content (AvgIpc) is 3.65. The third-order valence-electron chi connectivity index (χ3n) is 7.71. The Hall–Kier alpha value is -3.23. The van der Waals surface area contributed by atoms with Gasteiger partial charge in [-0.15, -0.1) is 0 Å². The summed E-state index contributed by atoms with van der Waals surface area (Å²) >= 11 is 0. The van der Waals surface area contributed by atoms with Crippen LogP contribution in [0, 0.1) is 23.2 Å². The van der Waals surface area contributed by atoms with Crippen molar-refractivity contribution in [2.75, 3.05) is 18.5 Å². The predicted molar refractivity (Wildman–Crippen MR) is 154 cm³/mol. The van der Waals surface area contributed by atoms with Crippen LogP contribution in [0.15, 0.2) is 24.8 Å². The second-order valence-corrected chi connectivity index (χ2v) is 17.4. The van der Waals surface area contributed by atoms with Gasteiger partial charge in [0.15, 0.2) is 5.82 Å². The summed E-state index contributed by atoms with van der Waals surface area (Å²) in [6, 6.07) is 5.41. The number of nitrogens with zero attached hydrogens (tertiary/aromatic N) is 6. The summed E-state index contributed by atoms with van der Waals surface area (Å²) < 4.78 is 9.86. The molecular formula is C28H41N7O3Si. The lowest BCUT2D eigenvalue weighted by Crippen LogP contribution is -2.23. The zero-order valence-corrected chi connectivity index (χ0v) is 24.6. The van der Waals surface area contributed by atoms with Crippen LogP contribution in [0.4, 0.5) is 5.82 Å². The lowest BCUT2D eigenvalue weighted by Gasteiger charge is -2.21. The van der Waals surface area contributed by atoms with Crippen LogP contribution in [0.25, 0.3) is 22.3 Å². The standard InChI is InChI=1S/C28H41N7O3Si/c1-5-20(28(36)37)16-30-26-23(17-35(33-26)24(10-12-29)21-8-6-7-9-21)25-22-11-13-34(27(22)32-18-31-25)19-38-14-15-39(2,3)4/h11,13,17-18,20-21,24H,5-10,14-16,19H2,1-4H3,(H,30,33)(H,36,37). The highest BCUT2D eigenvalue weighted by Crippen LogP contribution is 2.39. The monoisotopic (exact) mass is 551 g/mol. The molecule has 1 fully saturated rings. The van der Waals surface area contributed by atoms with Gasteiger partial charge in [0.05, 0.1) is 35.7 Å². The summed E-state index contributed by atoms with van der Waals surface area (Å²) in [5.74, 6) is -0.398. The fourth-order valence-corrected chi connectivity index (χ4v) is 6.02. The quantitative estimate of drug-likeness (QED) is 0.191. The number of rotatable bonds is 14. The van der Waals surface area contributed by atoms with Gasteiger partial charge in [0.25, 0.3) is 0 Å². The number of nitrogens with one attached hydrogen (secondary N) is 1. The van der Waals surface area contributed by atoms with Gasteiger partial charge in [-0.2, -0.15) is 10.4 Å². The van der Waals surface area contributed by atoms with Gasteiger partial charge < -0.3 is 19.7 Å². The minimum atomic E-state index is -1.17. The number of carbonyl (C=O) groups is 1. The van der Waals surface area contributed by atoms with E-state index < -0.39 is 20.0 Å². The van der Waals surface area contributed by atoms with Gasteiger partial charge in [-0.1, -0.05) is 39.4 Å². The van der Waals surface area contributed by atoms with Crippen LogP contribution in [-0.4, -0.2) is 56.6 Å². The van der Waals surface area contributed by atoms with Gasteiger partial charge in [0.2, 0.25) is 0 Å². The van der Waals surface area contributed by atoms with Crippen LogP contribution >= 0.6 is 0 Å². The lowest BCUT2D eigenvalue weighted by atomic mass is 9.96. The average molecular weight is 552 g/mol. The first kappa shape index (κ1) is 28.8. The highest BCUT2D eigenvalue weighted by molar-refractivity contribution is 6.76. The van der Waals surface area contributed by atoms with Crippen molar-refractivity contribution >= 4 is 30.9 Å². The van der Waals surface area contributed by atoms with E-state index in [4.69, 9.17) is 9.84 Å². The number of anilines is 1. The number of aromatic nitrogens is 5. The summed E-state index contributed by atoms with van der Waals surface area (Å²) in [4.78, 5) is 20.9. The smallest absolute Gasteiger partial charge is 0.308 e. The Kier molecular flexibility index (Phi) is 9.40. The van der Waals surface area contributed by atoms with Crippen LogP contribution < -0.4 is 5.32 Å². The zero-order valence-electron chi connectivity index (χ0n) is 23.6. The molecule has 2 unspecified atom stereocenters. The summed E-state index contributed by atoms with van der Waals surface area (Å²) in [6.45, 7) is 10.3. The van der Waals surface area contributed by atoms with E-state index in [9.17, 15) is 15.2 Å². The summed E-state index contributed by atoms with van der Waals surface area (Å²) in [7, 11) is -1.17. The molecule has 3 aromatic rings. The maximum absolute atomic E-state index is 11.7. The molecule has 4 rings (SSSR count). The molecule has 0 bridgehead atoms. The van der Waals surface area contributed by atoms with Crippen molar-refractivity contribution in [2.45, 2.75) is 83.9 Å². The van der Waals surface area contributed by atoms with Crippen molar-refractivity contribution in [3.05, 3.63) is 24.8 Å². The SMILES string of the molecule is CCC(CNc1nn(C(CC#N)C2CCCC2)cc1-c1ncnc2c1ccn2COCC[Si](C)(C)C)C(=O)O. The van der Waals surface area contributed by atoms with Crippen molar-refractivity contribution in [1.82, 2.24) is 24.3 Å². The molecule has 1 aliphatic rings. The first-order chi connectivity index (χ1) is 18.7. The molecule has 39 heavy (non-hydrogen) atoms. The number of nitriles is 1. The Bertz CT molecular complexity index is 1300. The second kappa shape index (κ2) is 12.7. The Labute approximate surface area is 231 Å². The normalized spacial score (nSPS) is 15.9. The first-order valence-corrected chi connectivity index (χ1v) is 17.7. The Balaban J connectivity index is 1.68. The number of hydrogen-bond acceptors (Lipinski definition) is 7. The summed E-state index contributed by atoms with van der Waals surface area (Å²) in [5.41, 5.74) is 2.27. The van der Waals surface area contributed by atoms with E-state index in [-0.39, 0.29) is 12.6 Å². The Morgan fingerprint density at radius 3 is 2.74 bits per heavy atom. The van der Waals surface area contributed by atoms with Crippen LogP contribution in [0.1, 0.15) is 51.5 Å². The van der Waals surface area contributed by atoms with Crippen LogP contribution in [0.5, 0.6) is 0 Å². The molecule has 3 heterocycles. The second-order valence-electron chi connectivity index (χ2n) is 11.8. The van der Waals surface area contributed by atoms with Gasteiger partial charge in [-0.25, -0.2) is 9.97 Å². The van der Waals surface area contributed by atoms with E-state index >= 15 is 0 Å². The largest absolute Gasteiger partial charge is 0.481 e. The fraction of sp³-hybridized carbons (Fsp3) is 0.607. The van der Waals surface area contributed by atoms with Gasteiger partial charge in [0.1, 0.15) is 18.7 Å². The zero-order chi connectivity index (χ0) is 28.0. The van der Waals surface area contributed by atoms with Crippen LogP contribution in [0.3, 0.4) is 0 Å². The van der Waals surface area contributed by atoms with E-state index in [1.165, 1.54) is 12.8 Å². The molecule has 1 aliphatic carbocycles. The minimum absolute atomic E-state index is 0.0325. The summed E-state index contributed by atoms with van der Waals surface area (Å²) in [6.07, 6.45) is 10.9. The van der Waals surface area contributed by atoms with Gasteiger partial charge in [0, 0.05) is 39.0 Å². The van der Waals surface area contributed by atoms with Gasteiger partial charge in [-0.3, -0.25) is 9.48 Å². The molecular weight excluding hydrogens is 510 g/mol. The molecule has 210 valence electrons. The van der Waals surface area contributed by atoms with E-state index in [0.717, 1.165) is 47.8 Å². The lowest BCUT2D eigenvalue weighted by molar-refractivity contribution is -0.141. The van der Waals surface area contributed by atoms with Crippen molar-refractivity contribution < 1.29 is 14.6 Å². The van der Waals surface area contributed by atoms with E-state index in [2.05, 4.69) is 41.0 Å². The number of carboxylic acid groups (broad SMARTS) is 1. The molecule has 0 spiro atoms. The summed E-state index contributed by atoms with van der Waals surface area (Å²) in [5, 5.41) is 28.2. The third kappa shape index (κ3) is 7.05. The van der Waals surface area contributed by atoms with Crippen LogP contribution in [0.2, 0.25) is 25.7 Å².